The smallest absolute Gasteiger partial charge is 0.257 e. The Balaban J connectivity index is 1.86. The second-order valence-electron chi connectivity index (χ2n) is 5.02. The molecule has 0 bridgehead atoms. The number of likely N-dealkylation sites (tertiary alicyclic amines) is 1. The molecule has 6 heteroatoms. The SMILES string of the molecule is C[C@@H](CO)C(=O)NC1CN(C(=O)c2ccccc2O)C1. The van der Waals surface area contributed by atoms with Crippen LogP contribution in [0, 0.1) is 5.92 Å². The number of para-hydroxylation sites is 1. The molecule has 1 aliphatic rings. The van der Waals surface area contributed by atoms with Gasteiger partial charge in [0.05, 0.1) is 24.1 Å². The summed E-state index contributed by atoms with van der Waals surface area (Å²) in [7, 11) is 0. The number of aliphatic hydroxyl groups excluding tert-OH is 1. The van der Waals surface area contributed by atoms with E-state index in [1.54, 1.807) is 30.0 Å². The van der Waals surface area contributed by atoms with Gasteiger partial charge in [-0.15, -0.1) is 0 Å². The standard InChI is InChI=1S/C14H18N2O4/c1-9(8-17)13(19)15-10-6-16(7-10)14(20)11-4-2-3-5-12(11)18/h2-5,9-10,17-18H,6-8H2,1H3,(H,15,19)/t9-/m0/s1. The van der Waals surface area contributed by atoms with Crippen molar-refractivity contribution in [3.8, 4) is 5.75 Å². The molecule has 1 aromatic rings. The summed E-state index contributed by atoms with van der Waals surface area (Å²) in [5, 5.41) is 21.3. The normalized spacial score (nSPS) is 16.4. The Kier molecular flexibility index (Phi) is 4.24. The number of rotatable bonds is 4. The van der Waals surface area contributed by atoms with Crippen LogP contribution in [0.2, 0.25) is 0 Å². The van der Waals surface area contributed by atoms with Gasteiger partial charge in [0.15, 0.2) is 0 Å². The summed E-state index contributed by atoms with van der Waals surface area (Å²) in [5.41, 5.74) is 0.265. The Labute approximate surface area is 117 Å². The minimum absolute atomic E-state index is 0.0427. The molecule has 0 aliphatic carbocycles. The number of aliphatic hydroxyl groups is 1. The van der Waals surface area contributed by atoms with E-state index in [1.807, 2.05) is 0 Å². The first-order valence-corrected chi connectivity index (χ1v) is 6.51. The van der Waals surface area contributed by atoms with Gasteiger partial charge in [-0.3, -0.25) is 9.59 Å². The number of carbonyl (C=O) groups excluding carboxylic acids is 2. The van der Waals surface area contributed by atoms with E-state index in [0.29, 0.717) is 13.1 Å². The van der Waals surface area contributed by atoms with Crippen molar-refractivity contribution in [2.24, 2.45) is 5.92 Å². The monoisotopic (exact) mass is 278 g/mol. The van der Waals surface area contributed by atoms with Crippen LogP contribution >= 0.6 is 0 Å². The van der Waals surface area contributed by atoms with E-state index in [1.165, 1.54) is 6.07 Å². The van der Waals surface area contributed by atoms with E-state index in [4.69, 9.17) is 5.11 Å². The lowest BCUT2D eigenvalue weighted by molar-refractivity contribution is -0.127. The van der Waals surface area contributed by atoms with Crippen molar-refractivity contribution in [1.29, 1.82) is 0 Å². The number of phenolic OH excluding ortho intramolecular Hbond substituents is 1. The second-order valence-corrected chi connectivity index (χ2v) is 5.02. The first-order valence-electron chi connectivity index (χ1n) is 6.51. The van der Waals surface area contributed by atoms with Crippen LogP contribution in [0.3, 0.4) is 0 Å². The minimum Gasteiger partial charge on any atom is -0.507 e. The van der Waals surface area contributed by atoms with Crippen LogP contribution in [0.1, 0.15) is 17.3 Å². The fourth-order valence-corrected chi connectivity index (χ4v) is 1.99. The van der Waals surface area contributed by atoms with Gasteiger partial charge < -0.3 is 20.4 Å². The summed E-state index contributed by atoms with van der Waals surface area (Å²) in [6.07, 6.45) is 0. The number of nitrogens with one attached hydrogen (secondary N) is 1. The van der Waals surface area contributed by atoms with Crippen LogP contribution in [-0.2, 0) is 4.79 Å². The highest BCUT2D eigenvalue weighted by Crippen LogP contribution is 2.20. The molecule has 1 atom stereocenters. The molecule has 20 heavy (non-hydrogen) atoms. The van der Waals surface area contributed by atoms with Crippen molar-refractivity contribution in [3.05, 3.63) is 29.8 Å². The summed E-state index contributed by atoms with van der Waals surface area (Å²) < 4.78 is 0. The van der Waals surface area contributed by atoms with Gasteiger partial charge in [0.2, 0.25) is 5.91 Å². The number of aromatic hydroxyl groups is 1. The summed E-state index contributed by atoms with van der Waals surface area (Å²) in [6.45, 7) is 2.27. The van der Waals surface area contributed by atoms with E-state index in [-0.39, 0.29) is 35.8 Å². The van der Waals surface area contributed by atoms with Crippen molar-refractivity contribution >= 4 is 11.8 Å². The molecule has 3 N–H and O–H groups in total. The number of carbonyl (C=O) groups is 2. The highest BCUT2D eigenvalue weighted by atomic mass is 16.3. The molecular formula is C14H18N2O4. The molecule has 6 nitrogen and oxygen atoms in total. The lowest BCUT2D eigenvalue weighted by Gasteiger charge is -2.40. The number of benzene rings is 1. The van der Waals surface area contributed by atoms with Gasteiger partial charge >= 0.3 is 0 Å². The molecule has 1 aliphatic heterocycles. The van der Waals surface area contributed by atoms with Crippen molar-refractivity contribution in [3.63, 3.8) is 0 Å². The van der Waals surface area contributed by atoms with E-state index < -0.39 is 5.92 Å². The van der Waals surface area contributed by atoms with Crippen molar-refractivity contribution in [1.82, 2.24) is 10.2 Å². The third kappa shape index (κ3) is 2.91. The Bertz CT molecular complexity index is 512. The maximum atomic E-state index is 12.1. The van der Waals surface area contributed by atoms with Crippen LogP contribution in [0.25, 0.3) is 0 Å². The average molecular weight is 278 g/mol. The molecular weight excluding hydrogens is 260 g/mol. The average Bonchev–Trinajstić information content (AvgIpc) is 2.41. The van der Waals surface area contributed by atoms with Gasteiger partial charge in [-0.05, 0) is 12.1 Å². The molecule has 2 rings (SSSR count). The molecule has 0 spiro atoms. The third-order valence-corrected chi connectivity index (χ3v) is 3.37. The molecule has 1 aromatic carbocycles. The van der Waals surface area contributed by atoms with Gasteiger partial charge in [-0.1, -0.05) is 19.1 Å². The molecule has 0 unspecified atom stereocenters. The maximum Gasteiger partial charge on any atom is 0.257 e. The maximum absolute atomic E-state index is 12.1. The Morgan fingerprint density at radius 2 is 2.05 bits per heavy atom. The largest absolute Gasteiger partial charge is 0.507 e. The minimum atomic E-state index is -0.446. The third-order valence-electron chi connectivity index (χ3n) is 3.37. The van der Waals surface area contributed by atoms with Crippen molar-refractivity contribution < 1.29 is 19.8 Å². The zero-order valence-electron chi connectivity index (χ0n) is 11.2. The van der Waals surface area contributed by atoms with E-state index in [2.05, 4.69) is 5.32 Å². The van der Waals surface area contributed by atoms with Crippen LogP contribution < -0.4 is 5.32 Å². The summed E-state index contributed by atoms with van der Waals surface area (Å²) in [5.74, 6) is -0.951. The Morgan fingerprint density at radius 3 is 2.65 bits per heavy atom. The molecule has 0 saturated carbocycles. The summed E-state index contributed by atoms with van der Waals surface area (Å²) in [4.78, 5) is 25.2. The van der Waals surface area contributed by atoms with E-state index >= 15 is 0 Å². The number of nitrogens with zero attached hydrogens (tertiary/aromatic N) is 1. The fourth-order valence-electron chi connectivity index (χ4n) is 1.99. The fraction of sp³-hybridized carbons (Fsp3) is 0.429. The predicted octanol–water partition coefficient (Wildman–Crippen LogP) is -0.0388. The molecule has 1 heterocycles. The van der Waals surface area contributed by atoms with Crippen LogP contribution in [0.4, 0.5) is 0 Å². The molecule has 0 radical (unpaired) electrons. The molecule has 1 saturated heterocycles. The predicted molar refractivity (Wildman–Crippen MR) is 72.2 cm³/mol. The number of hydrogen-bond acceptors (Lipinski definition) is 4. The molecule has 1 fully saturated rings. The van der Waals surface area contributed by atoms with Crippen LogP contribution in [0.15, 0.2) is 24.3 Å². The van der Waals surface area contributed by atoms with Crippen LogP contribution in [-0.4, -0.2) is 52.7 Å². The number of phenols is 1. The lowest BCUT2D eigenvalue weighted by Crippen LogP contribution is -2.61. The first-order chi connectivity index (χ1) is 9.52. The van der Waals surface area contributed by atoms with Gasteiger partial charge in [-0.25, -0.2) is 0 Å². The zero-order chi connectivity index (χ0) is 14.7. The number of hydrogen-bond donors (Lipinski definition) is 3. The first kappa shape index (κ1) is 14.3. The zero-order valence-corrected chi connectivity index (χ0v) is 11.2. The van der Waals surface area contributed by atoms with E-state index in [9.17, 15) is 14.7 Å². The van der Waals surface area contributed by atoms with Crippen molar-refractivity contribution in [2.75, 3.05) is 19.7 Å². The topological polar surface area (TPSA) is 89.9 Å². The van der Waals surface area contributed by atoms with Gasteiger partial charge in [-0.2, -0.15) is 0 Å². The van der Waals surface area contributed by atoms with Crippen LogP contribution in [0.5, 0.6) is 5.75 Å². The van der Waals surface area contributed by atoms with Gasteiger partial charge in [0, 0.05) is 13.1 Å². The second kappa shape index (κ2) is 5.92. The highest BCUT2D eigenvalue weighted by Gasteiger charge is 2.33. The quantitative estimate of drug-likeness (QED) is 0.721. The molecule has 2 amide bonds. The van der Waals surface area contributed by atoms with Crippen molar-refractivity contribution in [2.45, 2.75) is 13.0 Å². The molecule has 108 valence electrons. The summed E-state index contributed by atoms with van der Waals surface area (Å²) in [6, 6.07) is 6.29. The van der Waals surface area contributed by atoms with Gasteiger partial charge in [0.25, 0.3) is 5.91 Å². The van der Waals surface area contributed by atoms with Gasteiger partial charge in [0.1, 0.15) is 5.75 Å². The molecule has 0 aromatic heterocycles. The Hall–Kier alpha value is -2.08. The number of amides is 2. The lowest BCUT2D eigenvalue weighted by atomic mass is 10.0. The van der Waals surface area contributed by atoms with E-state index in [0.717, 1.165) is 0 Å². The summed E-state index contributed by atoms with van der Waals surface area (Å²) >= 11 is 0. The highest BCUT2D eigenvalue weighted by molar-refractivity contribution is 5.97. The Morgan fingerprint density at radius 1 is 1.40 bits per heavy atom.